The van der Waals surface area contributed by atoms with Gasteiger partial charge in [0.05, 0.1) is 6.17 Å². The maximum Gasteiger partial charge on any atom is 0.471 e. The molecule has 0 spiro atoms. The van der Waals surface area contributed by atoms with E-state index in [1.165, 1.54) is 0 Å². The quantitative estimate of drug-likeness (QED) is 0.684. The average molecular weight is 219 g/mol. The standard InChI is InChI=1S/C6H9F3N2O.ClH/c7-6(8,9)5(12)11-4-2-1-3-10-4;/h4,10H,1-3H2,(H,11,12);1H. The molecule has 7 heteroatoms. The van der Waals surface area contributed by atoms with E-state index in [1.54, 1.807) is 0 Å². The van der Waals surface area contributed by atoms with Crippen molar-refractivity contribution in [2.75, 3.05) is 6.54 Å². The lowest BCUT2D eigenvalue weighted by Gasteiger charge is -2.13. The summed E-state index contributed by atoms with van der Waals surface area (Å²) in [4.78, 5) is 10.3. The summed E-state index contributed by atoms with van der Waals surface area (Å²) in [6, 6.07) is 0. The molecule has 0 radical (unpaired) electrons. The number of carbonyl (C=O) groups excluding carboxylic acids is 1. The normalized spacial score (nSPS) is 22.2. The van der Waals surface area contributed by atoms with Gasteiger partial charge in [-0.2, -0.15) is 13.2 Å². The molecule has 0 aromatic rings. The Morgan fingerprint density at radius 3 is 2.46 bits per heavy atom. The molecule has 0 bridgehead atoms. The van der Waals surface area contributed by atoms with Crippen LogP contribution in [-0.2, 0) is 4.79 Å². The van der Waals surface area contributed by atoms with Crippen molar-refractivity contribution in [3.8, 4) is 0 Å². The summed E-state index contributed by atoms with van der Waals surface area (Å²) in [6.45, 7) is 0.656. The van der Waals surface area contributed by atoms with Crippen LogP contribution < -0.4 is 10.6 Å². The predicted octanol–water partition coefficient (Wildman–Crippen LogP) is 0.796. The van der Waals surface area contributed by atoms with Gasteiger partial charge in [-0.05, 0) is 19.4 Å². The van der Waals surface area contributed by atoms with E-state index in [2.05, 4.69) is 5.32 Å². The molecule has 13 heavy (non-hydrogen) atoms. The lowest BCUT2D eigenvalue weighted by molar-refractivity contribution is -0.174. The highest BCUT2D eigenvalue weighted by molar-refractivity contribution is 5.85. The molecule has 1 aliphatic rings. The third-order valence-electron chi connectivity index (χ3n) is 1.62. The fourth-order valence-corrected chi connectivity index (χ4v) is 1.05. The van der Waals surface area contributed by atoms with Crippen LogP contribution in [0.15, 0.2) is 0 Å². The van der Waals surface area contributed by atoms with Crippen LogP contribution in [0, 0.1) is 0 Å². The second-order valence-electron chi connectivity index (χ2n) is 2.62. The summed E-state index contributed by atoms with van der Waals surface area (Å²) in [5, 5.41) is 4.57. The van der Waals surface area contributed by atoms with Gasteiger partial charge in [-0.1, -0.05) is 0 Å². The summed E-state index contributed by atoms with van der Waals surface area (Å²) < 4.78 is 35.0. The van der Waals surface area contributed by atoms with Gasteiger partial charge in [0, 0.05) is 0 Å². The van der Waals surface area contributed by atoms with Crippen molar-refractivity contribution < 1.29 is 18.0 Å². The van der Waals surface area contributed by atoms with E-state index < -0.39 is 18.2 Å². The Morgan fingerprint density at radius 2 is 2.08 bits per heavy atom. The predicted molar refractivity (Wildman–Crippen MR) is 42.5 cm³/mol. The molecule has 1 aliphatic heterocycles. The molecule has 1 amide bonds. The molecular formula is C6H10ClF3N2O. The smallest absolute Gasteiger partial charge is 0.333 e. The minimum atomic E-state index is -4.77. The number of alkyl halides is 3. The van der Waals surface area contributed by atoms with Gasteiger partial charge in [-0.3, -0.25) is 10.1 Å². The van der Waals surface area contributed by atoms with Gasteiger partial charge in [-0.15, -0.1) is 12.4 Å². The Kier molecular flexibility index (Phi) is 4.49. The third kappa shape index (κ3) is 3.82. The topological polar surface area (TPSA) is 41.1 Å². The first kappa shape index (κ1) is 12.5. The van der Waals surface area contributed by atoms with Crippen LogP contribution in [-0.4, -0.2) is 24.8 Å². The second-order valence-corrected chi connectivity index (χ2v) is 2.62. The molecule has 3 nitrogen and oxygen atoms in total. The molecule has 1 fully saturated rings. The molecule has 1 heterocycles. The van der Waals surface area contributed by atoms with E-state index in [0.29, 0.717) is 13.0 Å². The van der Waals surface area contributed by atoms with Crippen LogP contribution in [0.4, 0.5) is 13.2 Å². The SMILES string of the molecule is Cl.O=C(NC1CCCN1)C(F)(F)F. The van der Waals surface area contributed by atoms with E-state index in [-0.39, 0.29) is 12.4 Å². The Hall–Kier alpha value is -0.490. The fraction of sp³-hybridized carbons (Fsp3) is 0.833. The van der Waals surface area contributed by atoms with Crippen LogP contribution in [0.5, 0.6) is 0 Å². The fourth-order valence-electron chi connectivity index (χ4n) is 1.05. The molecule has 0 aliphatic carbocycles. The molecule has 0 aromatic carbocycles. The van der Waals surface area contributed by atoms with Gasteiger partial charge in [0.25, 0.3) is 0 Å². The number of nitrogens with one attached hydrogen (secondary N) is 2. The average Bonchev–Trinajstić information content (AvgIpc) is 2.37. The summed E-state index contributed by atoms with van der Waals surface area (Å²) in [5.41, 5.74) is 0. The van der Waals surface area contributed by atoms with Gasteiger partial charge in [0.1, 0.15) is 0 Å². The Bertz CT molecular complexity index is 179. The first-order chi connectivity index (χ1) is 5.50. The highest BCUT2D eigenvalue weighted by atomic mass is 35.5. The zero-order valence-corrected chi connectivity index (χ0v) is 7.47. The zero-order valence-electron chi connectivity index (χ0n) is 6.65. The van der Waals surface area contributed by atoms with E-state index in [0.717, 1.165) is 6.42 Å². The van der Waals surface area contributed by atoms with Crippen LogP contribution in [0.25, 0.3) is 0 Å². The molecule has 1 atom stereocenters. The van der Waals surface area contributed by atoms with Crippen LogP contribution in [0.3, 0.4) is 0 Å². The van der Waals surface area contributed by atoms with Crippen LogP contribution in [0.2, 0.25) is 0 Å². The maximum absolute atomic E-state index is 11.7. The van der Waals surface area contributed by atoms with Gasteiger partial charge in [0.2, 0.25) is 0 Å². The number of amides is 1. The van der Waals surface area contributed by atoms with Crippen molar-refractivity contribution in [1.82, 2.24) is 10.6 Å². The van der Waals surface area contributed by atoms with E-state index in [9.17, 15) is 18.0 Å². The van der Waals surface area contributed by atoms with Crippen molar-refractivity contribution in [3.63, 3.8) is 0 Å². The van der Waals surface area contributed by atoms with Gasteiger partial charge in [0.15, 0.2) is 0 Å². The van der Waals surface area contributed by atoms with Gasteiger partial charge < -0.3 is 5.32 Å². The Morgan fingerprint density at radius 1 is 1.46 bits per heavy atom. The van der Waals surface area contributed by atoms with Crippen molar-refractivity contribution >= 4 is 18.3 Å². The van der Waals surface area contributed by atoms with Gasteiger partial charge >= 0.3 is 12.1 Å². The summed E-state index contributed by atoms with van der Waals surface area (Å²) in [6.07, 6.45) is -3.94. The van der Waals surface area contributed by atoms with Crippen molar-refractivity contribution in [1.29, 1.82) is 0 Å². The molecule has 78 valence electrons. The molecule has 0 saturated carbocycles. The summed E-state index contributed by atoms with van der Waals surface area (Å²) in [7, 11) is 0. The Balaban J connectivity index is 0.00000144. The first-order valence-electron chi connectivity index (χ1n) is 3.61. The number of carbonyl (C=O) groups is 1. The lowest BCUT2D eigenvalue weighted by Crippen LogP contribution is -2.47. The molecule has 1 rings (SSSR count). The van der Waals surface area contributed by atoms with Gasteiger partial charge in [-0.25, -0.2) is 0 Å². The van der Waals surface area contributed by atoms with E-state index in [4.69, 9.17) is 0 Å². The zero-order chi connectivity index (χ0) is 9.19. The molecule has 1 unspecified atom stereocenters. The number of hydrogen-bond acceptors (Lipinski definition) is 2. The van der Waals surface area contributed by atoms with Crippen LogP contribution >= 0.6 is 12.4 Å². The van der Waals surface area contributed by atoms with Crippen molar-refractivity contribution in [3.05, 3.63) is 0 Å². The second kappa shape index (κ2) is 4.66. The van der Waals surface area contributed by atoms with Crippen molar-refractivity contribution in [2.45, 2.75) is 25.2 Å². The molecule has 0 aromatic heterocycles. The van der Waals surface area contributed by atoms with Crippen molar-refractivity contribution in [2.24, 2.45) is 0 Å². The van der Waals surface area contributed by atoms with Crippen LogP contribution in [0.1, 0.15) is 12.8 Å². The minimum Gasteiger partial charge on any atom is -0.333 e. The van der Waals surface area contributed by atoms with E-state index in [1.807, 2.05) is 5.32 Å². The maximum atomic E-state index is 11.7. The number of rotatable bonds is 1. The third-order valence-corrected chi connectivity index (χ3v) is 1.62. The summed E-state index contributed by atoms with van der Waals surface area (Å²) in [5.74, 6) is -1.87. The highest BCUT2D eigenvalue weighted by Crippen LogP contribution is 2.15. The molecule has 2 N–H and O–H groups in total. The molecule has 1 saturated heterocycles. The number of hydrogen-bond donors (Lipinski definition) is 2. The highest BCUT2D eigenvalue weighted by Gasteiger charge is 2.39. The largest absolute Gasteiger partial charge is 0.471 e. The number of halogens is 4. The monoisotopic (exact) mass is 218 g/mol. The first-order valence-corrected chi connectivity index (χ1v) is 3.61. The summed E-state index contributed by atoms with van der Waals surface area (Å²) >= 11 is 0. The lowest BCUT2D eigenvalue weighted by atomic mass is 10.3. The van der Waals surface area contributed by atoms with E-state index >= 15 is 0 Å². The molecular weight excluding hydrogens is 209 g/mol. The minimum absolute atomic E-state index is 0. The Labute approximate surface area is 79.5 Å².